The number of sulfone groups is 1. The van der Waals surface area contributed by atoms with Gasteiger partial charge in [-0.15, -0.1) is 0 Å². The van der Waals surface area contributed by atoms with E-state index in [1.54, 1.807) is 25.3 Å². The predicted molar refractivity (Wildman–Crippen MR) is 136 cm³/mol. The molecule has 6 nitrogen and oxygen atoms in total. The molecule has 1 aromatic heterocycles. The molecule has 1 amide bonds. The Morgan fingerprint density at radius 2 is 1.81 bits per heavy atom. The van der Waals surface area contributed by atoms with Gasteiger partial charge in [0.15, 0.2) is 21.5 Å². The van der Waals surface area contributed by atoms with E-state index in [0.717, 1.165) is 25.0 Å². The van der Waals surface area contributed by atoms with Crippen LogP contribution in [0.3, 0.4) is 0 Å². The molecule has 2 aromatic carbocycles. The van der Waals surface area contributed by atoms with Gasteiger partial charge in [-0.3, -0.25) is 9.78 Å². The number of anilines is 1. The van der Waals surface area contributed by atoms with Crippen LogP contribution >= 0.6 is 11.6 Å². The van der Waals surface area contributed by atoms with Crippen molar-refractivity contribution < 1.29 is 27.1 Å². The molecule has 4 atom stereocenters. The fourth-order valence-corrected chi connectivity index (χ4v) is 8.12. The molecule has 3 unspecified atom stereocenters. The highest BCUT2D eigenvalue weighted by molar-refractivity contribution is 7.92. The number of nitrogens with zero attached hydrogens (tertiary/aromatic N) is 1. The Bertz CT molecular complexity index is 1470. The Morgan fingerprint density at radius 3 is 2.43 bits per heavy atom. The number of aromatic nitrogens is 1. The molecule has 10 heteroatoms. The number of nitrogens with one attached hydrogen (secondary N) is 1. The minimum atomic E-state index is -3.96. The molecule has 194 valence electrons. The van der Waals surface area contributed by atoms with Crippen LogP contribution in [0.4, 0.5) is 14.5 Å². The SMILES string of the molecule is CC1(O)C2CC[C@H]1CC(S(=O)(=O)c1cc(C(=O)Nc3ccc(F)c(F)c3)c(-c3cccnc3)cc1Cl)C2. The minimum absolute atomic E-state index is 0.00600. The van der Waals surface area contributed by atoms with Crippen LogP contribution in [0.15, 0.2) is 59.8 Å². The van der Waals surface area contributed by atoms with E-state index in [2.05, 4.69) is 10.3 Å². The maximum atomic E-state index is 13.8. The number of halogens is 3. The lowest BCUT2D eigenvalue weighted by atomic mass is 9.76. The fraction of sp³-hybridized carbons (Fsp3) is 0.333. The number of hydrogen-bond acceptors (Lipinski definition) is 5. The van der Waals surface area contributed by atoms with Crippen LogP contribution in [0.25, 0.3) is 11.1 Å². The summed E-state index contributed by atoms with van der Waals surface area (Å²) < 4.78 is 54.7. The summed E-state index contributed by atoms with van der Waals surface area (Å²) in [6.45, 7) is 1.77. The molecule has 0 radical (unpaired) electrons. The first-order valence-electron chi connectivity index (χ1n) is 11.9. The summed E-state index contributed by atoms with van der Waals surface area (Å²) in [6, 6.07) is 8.95. The van der Waals surface area contributed by atoms with E-state index in [-0.39, 0.29) is 33.0 Å². The summed E-state index contributed by atoms with van der Waals surface area (Å²) in [5, 5.41) is 12.5. The quantitative estimate of drug-likeness (QED) is 0.431. The van der Waals surface area contributed by atoms with Gasteiger partial charge in [-0.25, -0.2) is 17.2 Å². The zero-order chi connectivity index (χ0) is 26.5. The van der Waals surface area contributed by atoms with Gasteiger partial charge in [0.1, 0.15) is 0 Å². The number of pyridine rings is 1. The van der Waals surface area contributed by atoms with Crippen LogP contribution in [0, 0.1) is 23.5 Å². The number of hydrogen-bond donors (Lipinski definition) is 2. The van der Waals surface area contributed by atoms with Crippen LogP contribution in [0.1, 0.15) is 43.0 Å². The first kappa shape index (κ1) is 25.8. The van der Waals surface area contributed by atoms with E-state index in [1.165, 1.54) is 24.4 Å². The monoisotopic (exact) mass is 546 g/mol. The van der Waals surface area contributed by atoms with Gasteiger partial charge in [-0.05, 0) is 80.3 Å². The van der Waals surface area contributed by atoms with E-state index in [1.807, 2.05) is 0 Å². The standard InChI is InChI=1S/C27H25ClF2N2O4S/c1-27(34)16-4-5-17(27)10-19(9-16)37(35,36)25-13-21(20(12-22(25)28)15-3-2-8-31-14-15)26(33)32-18-6-7-23(29)24(30)11-18/h2-3,6-8,11-14,16-17,19,34H,4-5,9-10H2,1H3,(H,32,33)/t16-,17?,19?,27?/m0/s1. The Morgan fingerprint density at radius 1 is 1.11 bits per heavy atom. The first-order chi connectivity index (χ1) is 17.5. The molecular formula is C27H25ClF2N2O4S. The second kappa shape index (κ2) is 9.45. The van der Waals surface area contributed by atoms with Crippen LogP contribution in [-0.2, 0) is 9.84 Å². The molecule has 1 heterocycles. The van der Waals surface area contributed by atoms with Gasteiger partial charge in [-0.2, -0.15) is 0 Å². The number of fused-ring (bicyclic) bond motifs is 2. The molecule has 2 N–H and O–H groups in total. The second-order valence-corrected chi connectivity index (χ2v) is 12.6. The predicted octanol–water partition coefficient (Wildman–Crippen LogP) is 5.65. The van der Waals surface area contributed by atoms with Gasteiger partial charge >= 0.3 is 0 Å². The highest BCUT2D eigenvalue weighted by atomic mass is 35.5. The maximum Gasteiger partial charge on any atom is 0.256 e. The van der Waals surface area contributed by atoms with E-state index in [4.69, 9.17) is 11.6 Å². The van der Waals surface area contributed by atoms with Crippen molar-refractivity contribution in [1.29, 1.82) is 0 Å². The maximum absolute atomic E-state index is 13.8. The van der Waals surface area contributed by atoms with Gasteiger partial charge in [0.05, 0.1) is 20.8 Å². The summed E-state index contributed by atoms with van der Waals surface area (Å²) in [5.41, 5.74) is -0.0348. The molecular weight excluding hydrogens is 522 g/mol. The van der Waals surface area contributed by atoms with E-state index >= 15 is 0 Å². The number of rotatable bonds is 5. The van der Waals surface area contributed by atoms with Gasteiger partial charge in [0, 0.05) is 35.3 Å². The summed E-state index contributed by atoms with van der Waals surface area (Å²) >= 11 is 6.53. The molecule has 2 aliphatic carbocycles. The van der Waals surface area contributed by atoms with Crippen molar-refractivity contribution in [3.8, 4) is 11.1 Å². The normalized spacial score (nSPS) is 25.2. The first-order valence-corrected chi connectivity index (χ1v) is 13.9. The molecule has 2 saturated carbocycles. The molecule has 2 aliphatic rings. The molecule has 3 aromatic rings. The molecule has 0 aliphatic heterocycles. The average molecular weight is 547 g/mol. The van der Waals surface area contributed by atoms with E-state index in [0.29, 0.717) is 24.0 Å². The zero-order valence-electron chi connectivity index (χ0n) is 19.9. The van der Waals surface area contributed by atoms with Gasteiger partial charge in [0.25, 0.3) is 5.91 Å². The number of benzene rings is 2. The Labute approximate surface area is 218 Å². The van der Waals surface area contributed by atoms with Crippen molar-refractivity contribution in [2.75, 3.05) is 5.32 Å². The Balaban J connectivity index is 1.57. The minimum Gasteiger partial charge on any atom is -0.390 e. The number of carbonyl (C=O) groups excluding carboxylic acids is 1. The third-order valence-corrected chi connectivity index (χ3v) is 10.5. The van der Waals surface area contributed by atoms with Crippen molar-refractivity contribution in [2.45, 2.75) is 48.4 Å². The van der Waals surface area contributed by atoms with E-state index in [9.17, 15) is 27.1 Å². The van der Waals surface area contributed by atoms with Crippen molar-refractivity contribution in [3.63, 3.8) is 0 Å². The summed E-state index contributed by atoms with van der Waals surface area (Å²) in [6.07, 6.45) is 5.21. The van der Waals surface area contributed by atoms with Gasteiger partial charge in [-0.1, -0.05) is 17.7 Å². The summed E-state index contributed by atoms with van der Waals surface area (Å²) in [5.74, 6) is -3.17. The van der Waals surface area contributed by atoms with Crippen LogP contribution in [0.5, 0.6) is 0 Å². The smallest absolute Gasteiger partial charge is 0.256 e. The largest absolute Gasteiger partial charge is 0.390 e. The lowest BCUT2D eigenvalue weighted by Crippen LogP contribution is -2.45. The third kappa shape index (κ3) is 4.64. The van der Waals surface area contributed by atoms with Gasteiger partial charge < -0.3 is 10.4 Å². The van der Waals surface area contributed by atoms with Crippen molar-refractivity contribution in [1.82, 2.24) is 4.98 Å². The lowest BCUT2D eigenvalue weighted by molar-refractivity contribution is -0.0413. The Kier molecular flexibility index (Phi) is 6.58. The molecule has 5 rings (SSSR count). The van der Waals surface area contributed by atoms with Crippen LogP contribution < -0.4 is 5.32 Å². The summed E-state index contributed by atoms with van der Waals surface area (Å²) in [7, 11) is -3.96. The Hall–Kier alpha value is -2.88. The second-order valence-electron chi connectivity index (χ2n) is 9.99. The lowest BCUT2D eigenvalue weighted by Gasteiger charge is -2.40. The number of amides is 1. The van der Waals surface area contributed by atoms with Crippen LogP contribution in [-0.4, -0.2) is 35.3 Å². The third-order valence-electron chi connectivity index (χ3n) is 7.82. The van der Waals surface area contributed by atoms with Crippen molar-refractivity contribution in [2.24, 2.45) is 11.8 Å². The van der Waals surface area contributed by atoms with Crippen molar-refractivity contribution in [3.05, 3.63) is 77.1 Å². The molecule has 2 fully saturated rings. The highest BCUT2D eigenvalue weighted by Crippen LogP contribution is 2.52. The molecule has 0 saturated heterocycles. The zero-order valence-corrected chi connectivity index (χ0v) is 21.5. The molecule has 0 spiro atoms. The summed E-state index contributed by atoms with van der Waals surface area (Å²) in [4.78, 5) is 17.2. The van der Waals surface area contributed by atoms with Crippen molar-refractivity contribution >= 4 is 33.0 Å². The average Bonchev–Trinajstić information content (AvgIpc) is 3.02. The topological polar surface area (TPSA) is 96.4 Å². The number of carbonyl (C=O) groups is 1. The highest BCUT2D eigenvalue weighted by Gasteiger charge is 2.53. The fourth-order valence-electron chi connectivity index (χ4n) is 5.69. The van der Waals surface area contributed by atoms with Crippen LogP contribution in [0.2, 0.25) is 5.02 Å². The van der Waals surface area contributed by atoms with Gasteiger partial charge in [0.2, 0.25) is 0 Å². The molecule has 2 bridgehead atoms. The number of aliphatic hydroxyl groups is 1. The molecule has 37 heavy (non-hydrogen) atoms. The van der Waals surface area contributed by atoms with E-state index < -0.39 is 38.2 Å².